The molecule has 0 spiro atoms. The van der Waals surface area contributed by atoms with Crippen molar-refractivity contribution in [2.24, 2.45) is 7.05 Å². The molecule has 0 saturated heterocycles. The fourth-order valence-corrected chi connectivity index (χ4v) is 1.64. The molecule has 0 radical (unpaired) electrons. The fraction of sp³-hybridized carbons (Fsp3) is 0.375. The van der Waals surface area contributed by atoms with Gasteiger partial charge in [-0.05, 0) is 22.9 Å². The molecule has 0 unspecified atom stereocenters. The summed E-state index contributed by atoms with van der Waals surface area (Å²) in [7, 11) is 1.88. The lowest BCUT2D eigenvalue weighted by atomic mass is 10.3. The Labute approximate surface area is 89.9 Å². The largest absolute Gasteiger partial charge is 0.314 e. The Kier molecular flexibility index (Phi) is 2.37. The summed E-state index contributed by atoms with van der Waals surface area (Å²) < 4.78 is 4.64. The molecule has 6 heteroatoms. The molecule has 0 aliphatic heterocycles. The summed E-state index contributed by atoms with van der Waals surface area (Å²) in [5.41, 5.74) is 0.965. The number of nitrogens with zero attached hydrogens (tertiary/aromatic N) is 5. The third-order valence-corrected chi connectivity index (χ3v) is 3.00. The Morgan fingerprint density at radius 1 is 1.50 bits per heavy atom. The molecular formula is C8H10BrN5. The Balaban J connectivity index is 2.54. The summed E-state index contributed by atoms with van der Waals surface area (Å²) in [6.07, 6.45) is 3.50. The first-order valence-electron chi connectivity index (χ1n) is 4.29. The van der Waals surface area contributed by atoms with Gasteiger partial charge in [0.15, 0.2) is 5.82 Å². The highest BCUT2D eigenvalue weighted by molar-refractivity contribution is 9.10. The topological polar surface area (TPSA) is 48.5 Å². The SMILES string of the molecule is CCn1cnnc1-c1cnn(C)c1Br. The molecule has 14 heavy (non-hydrogen) atoms. The van der Waals surface area contributed by atoms with E-state index < -0.39 is 0 Å². The van der Waals surface area contributed by atoms with E-state index in [0.29, 0.717) is 0 Å². The Morgan fingerprint density at radius 3 is 2.86 bits per heavy atom. The van der Waals surface area contributed by atoms with Gasteiger partial charge in [0.2, 0.25) is 0 Å². The molecule has 0 N–H and O–H groups in total. The normalized spacial score (nSPS) is 10.8. The van der Waals surface area contributed by atoms with Crippen molar-refractivity contribution in [3.8, 4) is 11.4 Å². The summed E-state index contributed by atoms with van der Waals surface area (Å²) in [5, 5.41) is 12.1. The molecule has 0 fully saturated rings. The van der Waals surface area contributed by atoms with Crippen LogP contribution in [0.4, 0.5) is 0 Å². The van der Waals surface area contributed by atoms with E-state index >= 15 is 0 Å². The molecule has 0 aliphatic carbocycles. The number of hydrogen-bond donors (Lipinski definition) is 0. The Bertz CT molecular complexity index is 444. The maximum atomic E-state index is 4.14. The summed E-state index contributed by atoms with van der Waals surface area (Å²) in [5.74, 6) is 0.840. The smallest absolute Gasteiger partial charge is 0.168 e. The molecule has 0 aliphatic rings. The number of aryl methyl sites for hydroxylation is 2. The molecule has 0 amide bonds. The maximum absolute atomic E-state index is 4.14. The van der Waals surface area contributed by atoms with Crippen LogP contribution < -0.4 is 0 Å². The van der Waals surface area contributed by atoms with E-state index in [2.05, 4.69) is 38.1 Å². The zero-order valence-electron chi connectivity index (χ0n) is 7.98. The van der Waals surface area contributed by atoms with Crippen molar-refractivity contribution >= 4 is 15.9 Å². The Morgan fingerprint density at radius 2 is 2.29 bits per heavy atom. The molecule has 2 heterocycles. The average molecular weight is 256 g/mol. The summed E-state index contributed by atoms with van der Waals surface area (Å²) in [4.78, 5) is 0. The van der Waals surface area contributed by atoms with Gasteiger partial charge in [-0.1, -0.05) is 0 Å². The van der Waals surface area contributed by atoms with E-state index in [0.717, 1.165) is 22.5 Å². The van der Waals surface area contributed by atoms with E-state index in [1.165, 1.54) is 0 Å². The highest BCUT2D eigenvalue weighted by atomic mass is 79.9. The molecule has 2 rings (SSSR count). The van der Waals surface area contributed by atoms with Gasteiger partial charge < -0.3 is 4.57 Å². The van der Waals surface area contributed by atoms with Crippen molar-refractivity contribution in [3.05, 3.63) is 17.1 Å². The molecule has 0 aromatic carbocycles. The van der Waals surface area contributed by atoms with Crippen molar-refractivity contribution in [1.82, 2.24) is 24.5 Å². The van der Waals surface area contributed by atoms with E-state index in [-0.39, 0.29) is 0 Å². The fourth-order valence-electron chi connectivity index (χ4n) is 1.27. The van der Waals surface area contributed by atoms with E-state index in [9.17, 15) is 0 Å². The number of rotatable bonds is 2. The van der Waals surface area contributed by atoms with Gasteiger partial charge in [-0.3, -0.25) is 4.68 Å². The molecule has 0 atom stereocenters. The van der Waals surface area contributed by atoms with Gasteiger partial charge in [-0.25, -0.2) is 0 Å². The zero-order chi connectivity index (χ0) is 10.1. The van der Waals surface area contributed by atoms with E-state index in [1.807, 2.05) is 11.6 Å². The second-order valence-electron chi connectivity index (χ2n) is 2.91. The number of aromatic nitrogens is 5. The third-order valence-electron chi connectivity index (χ3n) is 2.06. The first-order valence-corrected chi connectivity index (χ1v) is 5.09. The van der Waals surface area contributed by atoms with Crippen LogP contribution in [-0.2, 0) is 13.6 Å². The first kappa shape index (κ1) is 9.39. The van der Waals surface area contributed by atoms with Gasteiger partial charge >= 0.3 is 0 Å². The summed E-state index contributed by atoms with van der Waals surface area (Å²) in [6, 6.07) is 0. The monoisotopic (exact) mass is 255 g/mol. The van der Waals surface area contributed by atoms with Gasteiger partial charge in [0.25, 0.3) is 0 Å². The van der Waals surface area contributed by atoms with Crippen LogP contribution in [0.15, 0.2) is 17.1 Å². The minimum absolute atomic E-state index is 0.840. The lowest BCUT2D eigenvalue weighted by molar-refractivity contribution is 0.747. The quantitative estimate of drug-likeness (QED) is 0.817. The van der Waals surface area contributed by atoms with Crippen LogP contribution in [0.3, 0.4) is 0 Å². The van der Waals surface area contributed by atoms with Crippen LogP contribution in [-0.4, -0.2) is 24.5 Å². The summed E-state index contributed by atoms with van der Waals surface area (Å²) >= 11 is 3.45. The van der Waals surface area contributed by atoms with Crippen molar-refractivity contribution in [3.63, 3.8) is 0 Å². The Hall–Kier alpha value is -1.17. The third kappa shape index (κ3) is 1.35. The molecule has 74 valence electrons. The average Bonchev–Trinajstić information content (AvgIpc) is 2.75. The van der Waals surface area contributed by atoms with Crippen molar-refractivity contribution < 1.29 is 0 Å². The number of halogens is 1. The second kappa shape index (κ2) is 3.53. The molecular weight excluding hydrogens is 246 g/mol. The lowest BCUT2D eigenvalue weighted by Gasteiger charge is -2.00. The van der Waals surface area contributed by atoms with Crippen LogP contribution in [0.25, 0.3) is 11.4 Å². The standard InChI is InChI=1S/C8H10BrN5/c1-3-14-5-10-12-8(14)6-4-11-13(2)7(6)9/h4-5H,3H2,1-2H3. The lowest BCUT2D eigenvalue weighted by Crippen LogP contribution is -1.96. The van der Waals surface area contributed by atoms with Crippen LogP contribution >= 0.6 is 15.9 Å². The van der Waals surface area contributed by atoms with E-state index in [1.54, 1.807) is 17.2 Å². The molecule has 2 aromatic heterocycles. The van der Waals surface area contributed by atoms with Crippen LogP contribution in [0.1, 0.15) is 6.92 Å². The van der Waals surface area contributed by atoms with Crippen molar-refractivity contribution in [2.75, 3.05) is 0 Å². The predicted octanol–water partition coefficient (Wildman–Crippen LogP) is 1.46. The van der Waals surface area contributed by atoms with Gasteiger partial charge in [-0.15, -0.1) is 10.2 Å². The highest BCUT2D eigenvalue weighted by Gasteiger charge is 2.13. The first-order chi connectivity index (χ1) is 6.74. The molecule has 0 bridgehead atoms. The van der Waals surface area contributed by atoms with Crippen molar-refractivity contribution in [2.45, 2.75) is 13.5 Å². The second-order valence-corrected chi connectivity index (χ2v) is 3.66. The van der Waals surface area contributed by atoms with Gasteiger partial charge in [0, 0.05) is 13.6 Å². The summed E-state index contributed by atoms with van der Waals surface area (Å²) in [6.45, 7) is 2.90. The number of hydrogen-bond acceptors (Lipinski definition) is 3. The van der Waals surface area contributed by atoms with Gasteiger partial charge in [0.1, 0.15) is 10.9 Å². The predicted molar refractivity (Wildman–Crippen MR) is 55.6 cm³/mol. The maximum Gasteiger partial charge on any atom is 0.168 e. The minimum atomic E-state index is 0.840. The van der Waals surface area contributed by atoms with E-state index in [4.69, 9.17) is 0 Å². The van der Waals surface area contributed by atoms with Gasteiger partial charge in [-0.2, -0.15) is 5.10 Å². The van der Waals surface area contributed by atoms with Crippen LogP contribution in [0, 0.1) is 0 Å². The van der Waals surface area contributed by atoms with Crippen LogP contribution in [0.2, 0.25) is 0 Å². The van der Waals surface area contributed by atoms with Crippen LogP contribution in [0.5, 0.6) is 0 Å². The molecule has 5 nitrogen and oxygen atoms in total. The van der Waals surface area contributed by atoms with Gasteiger partial charge in [0.05, 0.1) is 11.8 Å². The molecule has 2 aromatic rings. The highest BCUT2D eigenvalue weighted by Crippen LogP contribution is 2.25. The van der Waals surface area contributed by atoms with Crippen molar-refractivity contribution in [1.29, 1.82) is 0 Å². The zero-order valence-corrected chi connectivity index (χ0v) is 9.56. The molecule has 0 saturated carbocycles. The minimum Gasteiger partial charge on any atom is -0.314 e.